The molecule has 0 amide bonds. The van der Waals surface area contributed by atoms with E-state index in [1.165, 1.54) is 11.4 Å². The van der Waals surface area contributed by atoms with Gasteiger partial charge in [-0.3, -0.25) is 0 Å². The summed E-state index contributed by atoms with van der Waals surface area (Å²) in [6.45, 7) is 5.55. The van der Waals surface area contributed by atoms with Crippen LogP contribution in [0.15, 0.2) is 53.5 Å². The van der Waals surface area contributed by atoms with Crippen LogP contribution in [-0.2, 0) is 13.0 Å². The molecule has 0 atom stereocenters. The van der Waals surface area contributed by atoms with E-state index in [1.807, 2.05) is 37.4 Å². The minimum atomic E-state index is 0.493. The highest BCUT2D eigenvalue weighted by Crippen LogP contribution is 2.28. The Bertz CT molecular complexity index is 929. The van der Waals surface area contributed by atoms with Crippen LogP contribution in [0.5, 0.6) is 5.75 Å². The van der Waals surface area contributed by atoms with Gasteiger partial charge >= 0.3 is 0 Å². The van der Waals surface area contributed by atoms with E-state index in [-0.39, 0.29) is 0 Å². The Labute approximate surface area is 187 Å². The molecule has 1 aliphatic heterocycles. The Morgan fingerprint density at radius 2 is 2.03 bits per heavy atom. The molecule has 7 heteroatoms. The number of anilines is 1. The molecule has 1 saturated heterocycles. The number of nitrogens with zero attached hydrogens (tertiary/aromatic N) is 3. The summed E-state index contributed by atoms with van der Waals surface area (Å²) in [5.74, 6) is 2.59. The number of ether oxygens (including phenoxy) is 1. The van der Waals surface area contributed by atoms with Crippen molar-refractivity contribution in [2.45, 2.75) is 38.6 Å². The van der Waals surface area contributed by atoms with Crippen molar-refractivity contribution in [2.24, 2.45) is 0 Å². The van der Waals surface area contributed by atoms with Crippen molar-refractivity contribution in [3.63, 3.8) is 0 Å². The second kappa shape index (κ2) is 10.1. The van der Waals surface area contributed by atoms with E-state index < -0.39 is 0 Å². The van der Waals surface area contributed by atoms with Gasteiger partial charge in [0, 0.05) is 43.6 Å². The van der Waals surface area contributed by atoms with Crippen LogP contribution in [0, 0.1) is 0 Å². The fraction of sp³-hybridized carbons (Fsp3) is 0.391. The summed E-state index contributed by atoms with van der Waals surface area (Å²) in [4.78, 5) is 6.95. The van der Waals surface area contributed by atoms with Gasteiger partial charge in [0.25, 0.3) is 0 Å². The molecular weight excluding hydrogens is 412 g/mol. The number of nitrogens with one attached hydrogen (secondary N) is 1. The molecule has 2 aromatic heterocycles. The van der Waals surface area contributed by atoms with E-state index >= 15 is 0 Å². The Morgan fingerprint density at radius 3 is 2.73 bits per heavy atom. The largest absolute Gasteiger partial charge is 0.494 e. The quantitative estimate of drug-likeness (QED) is 0.514. The first-order valence-electron chi connectivity index (χ1n) is 10.5. The zero-order chi connectivity index (χ0) is 20.8. The van der Waals surface area contributed by atoms with Gasteiger partial charge < -0.3 is 19.5 Å². The molecule has 4 rings (SSSR count). The van der Waals surface area contributed by atoms with Gasteiger partial charge in [0.05, 0.1) is 6.61 Å². The van der Waals surface area contributed by atoms with E-state index in [2.05, 4.69) is 42.8 Å². The van der Waals surface area contributed by atoms with Crippen molar-refractivity contribution in [3.05, 3.63) is 64.9 Å². The summed E-state index contributed by atoms with van der Waals surface area (Å²) in [6, 6.07) is 10.2. The number of thiocarbonyl (C=S) groups is 1. The molecule has 0 bridgehead atoms. The summed E-state index contributed by atoms with van der Waals surface area (Å²) in [7, 11) is 0. The maximum atomic E-state index is 5.66. The smallest absolute Gasteiger partial charge is 0.173 e. The van der Waals surface area contributed by atoms with Crippen molar-refractivity contribution in [3.8, 4) is 5.75 Å². The first-order chi connectivity index (χ1) is 14.7. The third-order valence-corrected chi connectivity index (χ3v) is 6.63. The van der Waals surface area contributed by atoms with Crippen LogP contribution in [-0.4, -0.2) is 39.3 Å². The molecule has 0 spiro atoms. The molecule has 3 heterocycles. The topological polar surface area (TPSA) is 42.3 Å². The van der Waals surface area contributed by atoms with E-state index in [0.29, 0.717) is 12.5 Å². The van der Waals surface area contributed by atoms with Gasteiger partial charge in [0.1, 0.15) is 11.6 Å². The molecule has 1 N–H and O–H groups in total. The van der Waals surface area contributed by atoms with Crippen LogP contribution in [0.1, 0.15) is 37.1 Å². The highest BCUT2D eigenvalue weighted by molar-refractivity contribution is 7.80. The van der Waals surface area contributed by atoms with Gasteiger partial charge in [-0.15, -0.1) is 0 Å². The normalized spacial score (nSPS) is 14.6. The maximum Gasteiger partial charge on any atom is 0.173 e. The lowest BCUT2D eigenvalue weighted by atomic mass is 9.96. The number of aromatic nitrogens is 2. The number of likely N-dealkylation sites (tertiary alicyclic amines) is 1. The van der Waals surface area contributed by atoms with Crippen LogP contribution in [0.2, 0.25) is 0 Å². The highest BCUT2D eigenvalue weighted by Gasteiger charge is 2.25. The summed E-state index contributed by atoms with van der Waals surface area (Å²) >= 11 is 7.42. The minimum Gasteiger partial charge on any atom is -0.494 e. The number of imidazole rings is 1. The van der Waals surface area contributed by atoms with Gasteiger partial charge in [0.2, 0.25) is 0 Å². The van der Waals surface area contributed by atoms with E-state index in [1.54, 1.807) is 11.3 Å². The molecule has 0 aliphatic carbocycles. The molecule has 158 valence electrons. The highest BCUT2D eigenvalue weighted by atomic mass is 32.1. The summed E-state index contributed by atoms with van der Waals surface area (Å²) in [6.07, 6.45) is 7.25. The molecular formula is C23H28N4OS2. The number of hydrogen-bond acceptors (Lipinski definition) is 4. The van der Waals surface area contributed by atoms with Crippen LogP contribution in [0.4, 0.5) is 5.69 Å². The Hall–Kier alpha value is -2.38. The molecule has 1 aromatic carbocycles. The zero-order valence-electron chi connectivity index (χ0n) is 17.3. The van der Waals surface area contributed by atoms with Gasteiger partial charge in [0.15, 0.2) is 5.11 Å². The maximum absolute atomic E-state index is 5.66. The minimum absolute atomic E-state index is 0.493. The summed E-state index contributed by atoms with van der Waals surface area (Å²) < 4.78 is 7.83. The van der Waals surface area contributed by atoms with Crippen molar-refractivity contribution < 1.29 is 4.74 Å². The van der Waals surface area contributed by atoms with Gasteiger partial charge in [-0.25, -0.2) is 4.98 Å². The summed E-state index contributed by atoms with van der Waals surface area (Å²) in [5, 5.41) is 8.52. The number of piperidine rings is 1. The standard InChI is InChI=1S/C23H28N4OS2/c1-2-28-21-5-3-20(4-6-21)25-23(29)27-13-8-19(9-14-27)22-24-11-15-26(22)12-7-18-10-16-30-17-18/h3-6,10-11,15-17,19H,2,7-9,12-14H2,1H3,(H,25,29). The average molecular weight is 441 g/mol. The number of aryl methyl sites for hydroxylation is 2. The first kappa shape index (κ1) is 20.9. The molecule has 5 nitrogen and oxygen atoms in total. The third-order valence-electron chi connectivity index (χ3n) is 5.53. The molecule has 0 saturated carbocycles. The summed E-state index contributed by atoms with van der Waals surface area (Å²) in [5.41, 5.74) is 2.40. The SMILES string of the molecule is CCOc1ccc(NC(=S)N2CCC(c3nccn3CCc3ccsc3)CC2)cc1. The molecule has 0 unspecified atom stereocenters. The van der Waals surface area contributed by atoms with Crippen LogP contribution in [0.25, 0.3) is 0 Å². The van der Waals surface area contributed by atoms with E-state index in [0.717, 1.165) is 55.4 Å². The van der Waals surface area contributed by atoms with E-state index in [9.17, 15) is 0 Å². The van der Waals surface area contributed by atoms with E-state index in [4.69, 9.17) is 17.0 Å². The van der Waals surface area contributed by atoms with Crippen LogP contribution < -0.4 is 10.1 Å². The number of benzene rings is 1. The zero-order valence-corrected chi connectivity index (χ0v) is 18.9. The lowest BCUT2D eigenvalue weighted by Gasteiger charge is -2.33. The van der Waals surface area contributed by atoms with Gasteiger partial charge in [-0.05, 0) is 85.1 Å². The fourth-order valence-corrected chi connectivity index (χ4v) is 4.90. The first-order valence-corrected chi connectivity index (χ1v) is 11.9. The second-order valence-corrected chi connectivity index (χ2v) is 8.68. The number of rotatable bonds is 7. The van der Waals surface area contributed by atoms with Gasteiger partial charge in [-0.2, -0.15) is 11.3 Å². The van der Waals surface area contributed by atoms with Crippen LogP contribution >= 0.6 is 23.6 Å². The van der Waals surface area contributed by atoms with Crippen molar-refractivity contribution in [2.75, 3.05) is 25.0 Å². The fourth-order valence-electron chi connectivity index (χ4n) is 3.90. The lowest BCUT2D eigenvalue weighted by molar-refractivity contribution is 0.306. The molecule has 1 aliphatic rings. The predicted octanol–water partition coefficient (Wildman–Crippen LogP) is 5.16. The Morgan fingerprint density at radius 1 is 1.23 bits per heavy atom. The molecule has 3 aromatic rings. The lowest BCUT2D eigenvalue weighted by Crippen LogP contribution is -2.40. The average Bonchev–Trinajstić information content (AvgIpc) is 3.46. The molecule has 30 heavy (non-hydrogen) atoms. The third kappa shape index (κ3) is 5.21. The van der Waals surface area contributed by atoms with Crippen molar-refractivity contribution in [1.29, 1.82) is 0 Å². The Balaban J connectivity index is 1.28. The number of hydrogen-bond donors (Lipinski definition) is 1. The monoisotopic (exact) mass is 440 g/mol. The second-order valence-electron chi connectivity index (χ2n) is 7.51. The van der Waals surface area contributed by atoms with Crippen molar-refractivity contribution >= 4 is 34.4 Å². The molecule has 0 radical (unpaired) electrons. The Kier molecular flexibility index (Phi) is 7.02. The number of thiophene rings is 1. The van der Waals surface area contributed by atoms with Gasteiger partial charge in [-0.1, -0.05) is 0 Å². The van der Waals surface area contributed by atoms with Crippen molar-refractivity contribution in [1.82, 2.24) is 14.5 Å². The molecule has 1 fully saturated rings. The van der Waals surface area contributed by atoms with Crippen LogP contribution in [0.3, 0.4) is 0 Å². The predicted molar refractivity (Wildman–Crippen MR) is 128 cm³/mol.